The molecule has 0 bridgehead atoms. The van der Waals surface area contributed by atoms with Gasteiger partial charge in [0.1, 0.15) is 11.9 Å². The van der Waals surface area contributed by atoms with Gasteiger partial charge in [-0.15, -0.1) is 0 Å². The SMILES string of the molecule is Cc1cc(C(O)c2c(C)c(C)c(C)c(C)c2F)c([N+](=O)[O-])c(C)c1C. The highest BCUT2D eigenvalue weighted by Gasteiger charge is 2.30. The molecule has 0 fully saturated rings. The quantitative estimate of drug-likeness (QED) is 0.631. The lowest BCUT2D eigenvalue weighted by Gasteiger charge is -2.22. The summed E-state index contributed by atoms with van der Waals surface area (Å²) in [5, 5.41) is 22.5. The Morgan fingerprint density at radius 1 is 0.920 bits per heavy atom. The average molecular weight is 345 g/mol. The molecular weight excluding hydrogens is 321 g/mol. The van der Waals surface area contributed by atoms with Crippen LogP contribution in [0.25, 0.3) is 0 Å². The van der Waals surface area contributed by atoms with Crippen molar-refractivity contribution in [2.24, 2.45) is 0 Å². The maximum atomic E-state index is 14.9. The van der Waals surface area contributed by atoms with Crippen LogP contribution >= 0.6 is 0 Å². The van der Waals surface area contributed by atoms with Gasteiger partial charge in [0, 0.05) is 11.1 Å². The van der Waals surface area contributed by atoms with Gasteiger partial charge in [0.05, 0.1) is 10.5 Å². The number of nitro groups is 1. The number of nitro benzene ring substituents is 1. The third-order valence-electron chi connectivity index (χ3n) is 5.56. The van der Waals surface area contributed by atoms with E-state index in [4.69, 9.17) is 0 Å². The van der Waals surface area contributed by atoms with Crippen LogP contribution in [0.5, 0.6) is 0 Å². The fourth-order valence-corrected chi connectivity index (χ4v) is 3.33. The van der Waals surface area contributed by atoms with E-state index in [2.05, 4.69) is 0 Å². The maximum Gasteiger partial charge on any atom is 0.278 e. The summed E-state index contributed by atoms with van der Waals surface area (Å²) in [6.45, 7) is 12.4. The predicted molar refractivity (Wildman–Crippen MR) is 96.7 cm³/mol. The second-order valence-corrected chi connectivity index (χ2v) is 6.77. The third kappa shape index (κ3) is 2.93. The largest absolute Gasteiger partial charge is 0.383 e. The lowest BCUT2D eigenvalue weighted by molar-refractivity contribution is -0.386. The van der Waals surface area contributed by atoms with Crippen molar-refractivity contribution in [3.63, 3.8) is 0 Å². The Hall–Kier alpha value is -2.27. The highest BCUT2D eigenvalue weighted by molar-refractivity contribution is 5.58. The first-order valence-electron chi connectivity index (χ1n) is 8.19. The first kappa shape index (κ1) is 19.1. The van der Waals surface area contributed by atoms with Crippen molar-refractivity contribution in [3.05, 3.63) is 72.1 Å². The van der Waals surface area contributed by atoms with Crippen molar-refractivity contribution in [1.29, 1.82) is 0 Å². The molecule has 0 aliphatic heterocycles. The lowest BCUT2D eigenvalue weighted by Crippen LogP contribution is -2.13. The molecule has 0 spiro atoms. The molecule has 1 unspecified atom stereocenters. The van der Waals surface area contributed by atoms with Gasteiger partial charge in [-0.25, -0.2) is 4.39 Å². The van der Waals surface area contributed by atoms with Crippen molar-refractivity contribution in [1.82, 2.24) is 0 Å². The Kier molecular flexibility index (Phi) is 5.00. The van der Waals surface area contributed by atoms with Gasteiger partial charge in [0.15, 0.2) is 0 Å². The van der Waals surface area contributed by atoms with E-state index < -0.39 is 16.8 Å². The zero-order valence-electron chi connectivity index (χ0n) is 15.7. The fraction of sp³-hybridized carbons (Fsp3) is 0.400. The summed E-state index contributed by atoms with van der Waals surface area (Å²) in [5.74, 6) is -0.502. The minimum atomic E-state index is -1.39. The highest BCUT2D eigenvalue weighted by atomic mass is 19.1. The van der Waals surface area contributed by atoms with Crippen LogP contribution in [-0.2, 0) is 0 Å². The normalized spacial score (nSPS) is 12.4. The number of nitrogens with zero attached hydrogens (tertiary/aromatic N) is 1. The van der Waals surface area contributed by atoms with Crippen molar-refractivity contribution in [3.8, 4) is 0 Å². The van der Waals surface area contributed by atoms with Crippen LogP contribution in [0.4, 0.5) is 10.1 Å². The molecule has 0 amide bonds. The third-order valence-corrected chi connectivity index (χ3v) is 5.56. The number of rotatable bonds is 3. The van der Waals surface area contributed by atoms with Crippen LogP contribution in [0.2, 0.25) is 0 Å². The molecule has 0 heterocycles. The molecule has 0 aliphatic carbocycles. The lowest BCUT2D eigenvalue weighted by atomic mass is 9.86. The fourth-order valence-electron chi connectivity index (χ4n) is 3.33. The van der Waals surface area contributed by atoms with Crippen LogP contribution in [0.1, 0.15) is 56.2 Å². The first-order valence-corrected chi connectivity index (χ1v) is 8.19. The van der Waals surface area contributed by atoms with Crippen LogP contribution in [0.3, 0.4) is 0 Å². The smallest absolute Gasteiger partial charge is 0.278 e. The second-order valence-electron chi connectivity index (χ2n) is 6.77. The average Bonchev–Trinajstić information content (AvgIpc) is 2.55. The number of aliphatic hydroxyl groups is 1. The van der Waals surface area contributed by atoms with E-state index in [1.165, 1.54) is 0 Å². The van der Waals surface area contributed by atoms with Crippen molar-refractivity contribution >= 4 is 5.69 Å². The van der Waals surface area contributed by atoms with Crippen LogP contribution < -0.4 is 0 Å². The number of benzene rings is 2. The van der Waals surface area contributed by atoms with E-state index in [1.54, 1.807) is 33.8 Å². The number of aliphatic hydroxyl groups excluding tert-OH is 1. The Bertz CT molecular complexity index is 858. The minimum absolute atomic E-state index is 0.117. The molecule has 25 heavy (non-hydrogen) atoms. The summed E-state index contributed by atoms with van der Waals surface area (Å²) in [5.41, 5.74) is 5.03. The number of hydrogen-bond acceptors (Lipinski definition) is 3. The van der Waals surface area contributed by atoms with E-state index in [0.717, 1.165) is 22.3 Å². The molecule has 134 valence electrons. The molecule has 1 N–H and O–H groups in total. The van der Waals surface area contributed by atoms with Crippen LogP contribution in [-0.4, -0.2) is 10.0 Å². The molecule has 0 aromatic heterocycles. The van der Waals surface area contributed by atoms with E-state index in [1.807, 2.05) is 20.8 Å². The van der Waals surface area contributed by atoms with Gasteiger partial charge < -0.3 is 5.11 Å². The van der Waals surface area contributed by atoms with Crippen molar-refractivity contribution < 1.29 is 14.4 Å². The predicted octanol–water partition coefficient (Wildman–Crippen LogP) is 4.97. The highest BCUT2D eigenvalue weighted by Crippen LogP contribution is 2.39. The summed E-state index contributed by atoms with van der Waals surface area (Å²) >= 11 is 0. The molecule has 4 nitrogen and oxygen atoms in total. The van der Waals surface area contributed by atoms with E-state index in [9.17, 15) is 19.6 Å². The number of aryl methyl sites for hydroxylation is 1. The van der Waals surface area contributed by atoms with E-state index in [-0.39, 0.29) is 16.8 Å². The molecule has 0 radical (unpaired) electrons. The van der Waals surface area contributed by atoms with Crippen molar-refractivity contribution in [2.45, 2.75) is 54.6 Å². The molecule has 0 aliphatic rings. The Balaban J connectivity index is 2.84. The second kappa shape index (κ2) is 6.56. The van der Waals surface area contributed by atoms with E-state index in [0.29, 0.717) is 16.7 Å². The van der Waals surface area contributed by atoms with Gasteiger partial charge in [-0.2, -0.15) is 0 Å². The number of halogens is 1. The zero-order valence-corrected chi connectivity index (χ0v) is 15.7. The Morgan fingerprint density at radius 2 is 1.44 bits per heavy atom. The zero-order chi connectivity index (χ0) is 19.2. The van der Waals surface area contributed by atoms with Gasteiger partial charge in [-0.05, 0) is 87.9 Å². The number of hydrogen-bond donors (Lipinski definition) is 1. The maximum absolute atomic E-state index is 14.9. The minimum Gasteiger partial charge on any atom is -0.383 e. The Morgan fingerprint density at radius 3 is 1.96 bits per heavy atom. The van der Waals surface area contributed by atoms with Crippen LogP contribution in [0, 0.1) is 64.4 Å². The summed E-state index contributed by atoms with van der Waals surface area (Å²) in [7, 11) is 0. The summed E-state index contributed by atoms with van der Waals surface area (Å²) in [6, 6.07) is 1.59. The first-order chi connectivity index (χ1) is 11.5. The van der Waals surface area contributed by atoms with Gasteiger partial charge >= 0.3 is 0 Å². The van der Waals surface area contributed by atoms with Gasteiger partial charge in [-0.1, -0.05) is 0 Å². The van der Waals surface area contributed by atoms with Gasteiger partial charge in [0.25, 0.3) is 5.69 Å². The van der Waals surface area contributed by atoms with Gasteiger partial charge in [-0.3, -0.25) is 10.1 Å². The summed E-state index contributed by atoms with van der Waals surface area (Å²) < 4.78 is 14.9. The topological polar surface area (TPSA) is 63.4 Å². The molecule has 1 atom stereocenters. The van der Waals surface area contributed by atoms with E-state index >= 15 is 0 Å². The summed E-state index contributed by atoms with van der Waals surface area (Å²) in [6.07, 6.45) is -1.39. The van der Waals surface area contributed by atoms with Gasteiger partial charge in [0.2, 0.25) is 0 Å². The molecule has 0 saturated heterocycles. The van der Waals surface area contributed by atoms with Crippen molar-refractivity contribution in [2.75, 3.05) is 0 Å². The molecule has 5 heteroatoms. The summed E-state index contributed by atoms with van der Waals surface area (Å²) in [4.78, 5) is 11.1. The van der Waals surface area contributed by atoms with Crippen LogP contribution in [0.15, 0.2) is 6.07 Å². The standard InChI is InChI=1S/C20H24FNO3/c1-9-8-16(19(22(24)25)15(7)10(9)2)20(23)17-13(5)11(3)12(4)14(6)18(17)21/h8,20,23H,1-7H3. The molecule has 2 aromatic rings. The molecule has 0 saturated carbocycles. The molecular formula is C20H24FNO3. The molecule has 2 rings (SSSR count). The Labute approximate surface area is 147 Å². The molecule has 2 aromatic carbocycles. The monoisotopic (exact) mass is 345 g/mol.